The Morgan fingerprint density at radius 2 is 1.74 bits per heavy atom. The van der Waals surface area contributed by atoms with E-state index in [1.807, 2.05) is 38.1 Å². The van der Waals surface area contributed by atoms with E-state index in [-0.39, 0.29) is 0 Å². The molecule has 1 heterocycles. The molecule has 1 aromatic heterocycles. The van der Waals surface area contributed by atoms with Crippen LogP contribution in [0.4, 0.5) is 0 Å². The molecule has 3 aromatic rings. The highest BCUT2D eigenvalue weighted by molar-refractivity contribution is 5.74. The van der Waals surface area contributed by atoms with E-state index in [0.29, 0.717) is 23.8 Å². The standard InChI is InChI=1S/C19H17NO3/c1-13-3-7-16(8-4-13)19-20-18(14(2)23-19)12-22-17-9-5-15(11-21)6-10-17/h3-11H,12H2,1-2H3. The van der Waals surface area contributed by atoms with Crippen LogP contribution in [0.15, 0.2) is 52.9 Å². The number of oxazole rings is 1. The van der Waals surface area contributed by atoms with E-state index in [1.165, 1.54) is 5.56 Å². The van der Waals surface area contributed by atoms with E-state index in [9.17, 15) is 4.79 Å². The summed E-state index contributed by atoms with van der Waals surface area (Å²) >= 11 is 0. The SMILES string of the molecule is Cc1ccc(-c2nc(COc3ccc(C=O)cc3)c(C)o2)cc1. The van der Waals surface area contributed by atoms with Crippen molar-refractivity contribution in [1.82, 2.24) is 4.98 Å². The zero-order valence-corrected chi connectivity index (χ0v) is 13.1. The van der Waals surface area contributed by atoms with E-state index in [4.69, 9.17) is 9.15 Å². The van der Waals surface area contributed by atoms with Crippen LogP contribution in [0.2, 0.25) is 0 Å². The largest absolute Gasteiger partial charge is 0.487 e. The number of carbonyl (C=O) groups excluding carboxylic acids is 1. The molecule has 0 saturated carbocycles. The first kappa shape index (κ1) is 15.0. The van der Waals surface area contributed by atoms with Gasteiger partial charge in [0.05, 0.1) is 0 Å². The van der Waals surface area contributed by atoms with Crippen molar-refractivity contribution in [2.24, 2.45) is 0 Å². The van der Waals surface area contributed by atoms with Gasteiger partial charge in [0.15, 0.2) is 0 Å². The third kappa shape index (κ3) is 3.48. The molecule has 0 aliphatic rings. The molecule has 0 amide bonds. The fourth-order valence-corrected chi connectivity index (χ4v) is 2.18. The molecule has 3 rings (SSSR count). The van der Waals surface area contributed by atoms with Gasteiger partial charge in [-0.05, 0) is 50.2 Å². The minimum atomic E-state index is 0.321. The predicted molar refractivity (Wildman–Crippen MR) is 87.6 cm³/mol. The molecule has 0 atom stereocenters. The maximum atomic E-state index is 10.6. The third-order valence-corrected chi connectivity index (χ3v) is 3.58. The first-order chi connectivity index (χ1) is 11.2. The fraction of sp³-hybridized carbons (Fsp3) is 0.158. The van der Waals surface area contributed by atoms with E-state index < -0.39 is 0 Å². The van der Waals surface area contributed by atoms with Gasteiger partial charge in [-0.3, -0.25) is 4.79 Å². The van der Waals surface area contributed by atoms with Crippen LogP contribution >= 0.6 is 0 Å². The summed E-state index contributed by atoms with van der Waals surface area (Å²) in [6.07, 6.45) is 0.805. The number of hydrogen-bond acceptors (Lipinski definition) is 4. The molecule has 0 N–H and O–H groups in total. The van der Waals surface area contributed by atoms with E-state index in [0.717, 1.165) is 23.3 Å². The van der Waals surface area contributed by atoms with Crippen molar-refractivity contribution >= 4 is 6.29 Å². The number of benzene rings is 2. The molecule has 0 saturated heterocycles. The van der Waals surface area contributed by atoms with Gasteiger partial charge in [-0.25, -0.2) is 4.98 Å². The third-order valence-electron chi connectivity index (χ3n) is 3.58. The zero-order valence-electron chi connectivity index (χ0n) is 13.1. The lowest BCUT2D eigenvalue weighted by Gasteiger charge is -2.04. The lowest BCUT2D eigenvalue weighted by Crippen LogP contribution is -1.97. The summed E-state index contributed by atoms with van der Waals surface area (Å²) in [4.78, 5) is 15.1. The average molecular weight is 307 g/mol. The van der Waals surface area contributed by atoms with Crippen molar-refractivity contribution in [2.45, 2.75) is 20.5 Å². The van der Waals surface area contributed by atoms with Gasteiger partial charge in [-0.15, -0.1) is 0 Å². The Labute approximate surface area is 134 Å². The Bertz CT molecular complexity index is 802. The Morgan fingerprint density at radius 3 is 2.39 bits per heavy atom. The number of carbonyl (C=O) groups is 1. The van der Waals surface area contributed by atoms with Gasteiger partial charge in [-0.1, -0.05) is 17.7 Å². The minimum absolute atomic E-state index is 0.321. The number of rotatable bonds is 5. The number of aryl methyl sites for hydroxylation is 2. The van der Waals surface area contributed by atoms with Crippen molar-refractivity contribution in [3.05, 3.63) is 71.1 Å². The molecule has 0 radical (unpaired) electrons. The normalized spacial score (nSPS) is 10.5. The summed E-state index contributed by atoms with van der Waals surface area (Å²) in [6.45, 7) is 4.24. The van der Waals surface area contributed by atoms with Crippen molar-refractivity contribution in [3.63, 3.8) is 0 Å². The molecule has 0 fully saturated rings. The summed E-state index contributed by atoms with van der Waals surface area (Å²) in [7, 11) is 0. The smallest absolute Gasteiger partial charge is 0.226 e. The number of ether oxygens (including phenoxy) is 1. The minimum Gasteiger partial charge on any atom is -0.487 e. The zero-order chi connectivity index (χ0) is 16.2. The molecule has 0 aliphatic carbocycles. The van der Waals surface area contributed by atoms with E-state index in [1.54, 1.807) is 24.3 Å². The quantitative estimate of drug-likeness (QED) is 0.658. The molecule has 0 bridgehead atoms. The summed E-state index contributed by atoms with van der Waals surface area (Å²) in [5, 5.41) is 0. The number of aldehydes is 1. The van der Waals surface area contributed by atoms with E-state index >= 15 is 0 Å². The van der Waals surface area contributed by atoms with Gasteiger partial charge in [0, 0.05) is 11.1 Å². The highest BCUT2D eigenvalue weighted by Gasteiger charge is 2.12. The van der Waals surface area contributed by atoms with Gasteiger partial charge < -0.3 is 9.15 Å². The molecular formula is C19H17NO3. The first-order valence-electron chi connectivity index (χ1n) is 7.37. The molecule has 23 heavy (non-hydrogen) atoms. The molecule has 0 unspecified atom stereocenters. The Kier molecular flexibility index (Phi) is 4.24. The highest BCUT2D eigenvalue weighted by Crippen LogP contribution is 2.23. The van der Waals surface area contributed by atoms with Gasteiger partial charge in [0.2, 0.25) is 5.89 Å². The predicted octanol–water partition coefficient (Wildman–Crippen LogP) is 4.35. The summed E-state index contributed by atoms with van der Waals surface area (Å²) in [5.41, 5.74) is 3.52. The first-order valence-corrected chi connectivity index (χ1v) is 7.37. The number of aromatic nitrogens is 1. The Balaban J connectivity index is 1.73. The molecular weight excluding hydrogens is 290 g/mol. The fourth-order valence-electron chi connectivity index (χ4n) is 2.18. The lowest BCUT2D eigenvalue weighted by atomic mass is 10.1. The summed E-state index contributed by atoms with van der Waals surface area (Å²) < 4.78 is 11.4. The van der Waals surface area contributed by atoms with Gasteiger partial charge in [0.1, 0.15) is 30.1 Å². The van der Waals surface area contributed by atoms with Crippen molar-refractivity contribution in [1.29, 1.82) is 0 Å². The van der Waals surface area contributed by atoms with Crippen molar-refractivity contribution in [2.75, 3.05) is 0 Å². The van der Waals surface area contributed by atoms with Crippen LogP contribution in [-0.4, -0.2) is 11.3 Å². The maximum absolute atomic E-state index is 10.6. The second-order valence-electron chi connectivity index (χ2n) is 5.36. The van der Waals surface area contributed by atoms with Crippen molar-refractivity contribution in [3.8, 4) is 17.2 Å². The second kappa shape index (κ2) is 6.48. The molecule has 0 aliphatic heterocycles. The number of hydrogen-bond donors (Lipinski definition) is 0. The molecule has 4 nitrogen and oxygen atoms in total. The lowest BCUT2D eigenvalue weighted by molar-refractivity contribution is 0.112. The van der Waals surface area contributed by atoms with Crippen LogP contribution in [-0.2, 0) is 6.61 Å². The summed E-state index contributed by atoms with van der Waals surface area (Å²) in [5.74, 6) is 2.03. The van der Waals surface area contributed by atoms with E-state index in [2.05, 4.69) is 4.98 Å². The molecule has 116 valence electrons. The molecule has 4 heteroatoms. The van der Waals surface area contributed by atoms with Gasteiger partial charge >= 0.3 is 0 Å². The summed E-state index contributed by atoms with van der Waals surface area (Å²) in [6, 6.07) is 15.0. The van der Waals surface area contributed by atoms with Crippen LogP contribution in [0.25, 0.3) is 11.5 Å². The van der Waals surface area contributed by atoms with Gasteiger partial charge in [0.25, 0.3) is 0 Å². The Morgan fingerprint density at radius 1 is 1.04 bits per heavy atom. The van der Waals surface area contributed by atoms with Crippen LogP contribution in [0.3, 0.4) is 0 Å². The topological polar surface area (TPSA) is 52.3 Å². The average Bonchev–Trinajstić information content (AvgIpc) is 2.95. The molecule has 0 spiro atoms. The second-order valence-corrected chi connectivity index (χ2v) is 5.36. The van der Waals surface area contributed by atoms with Gasteiger partial charge in [-0.2, -0.15) is 0 Å². The van der Waals surface area contributed by atoms with Crippen molar-refractivity contribution < 1.29 is 13.9 Å². The van der Waals surface area contributed by atoms with Crippen LogP contribution in [0.1, 0.15) is 27.4 Å². The monoisotopic (exact) mass is 307 g/mol. The number of nitrogens with zero attached hydrogens (tertiary/aromatic N) is 1. The van der Waals surface area contributed by atoms with Crippen LogP contribution in [0.5, 0.6) is 5.75 Å². The Hall–Kier alpha value is -2.88. The van der Waals surface area contributed by atoms with Crippen LogP contribution < -0.4 is 4.74 Å². The highest BCUT2D eigenvalue weighted by atomic mass is 16.5. The molecule has 2 aromatic carbocycles. The van der Waals surface area contributed by atoms with Crippen LogP contribution in [0, 0.1) is 13.8 Å². The maximum Gasteiger partial charge on any atom is 0.226 e.